The summed E-state index contributed by atoms with van der Waals surface area (Å²) in [6, 6.07) is 0.126. The summed E-state index contributed by atoms with van der Waals surface area (Å²) in [6.45, 7) is 6.83. The molecule has 0 aromatic rings. The fourth-order valence-electron chi connectivity index (χ4n) is 3.25. The second kappa shape index (κ2) is 6.08. The second-order valence-corrected chi connectivity index (χ2v) is 8.06. The van der Waals surface area contributed by atoms with Crippen LogP contribution in [0.1, 0.15) is 39.5 Å². The fourth-order valence-corrected chi connectivity index (χ4v) is 5.10. The van der Waals surface area contributed by atoms with Crippen LogP contribution in [-0.4, -0.2) is 49.2 Å². The van der Waals surface area contributed by atoms with Crippen molar-refractivity contribution >= 4 is 10.2 Å². The van der Waals surface area contributed by atoms with Gasteiger partial charge in [-0.15, -0.1) is 0 Å². The lowest BCUT2D eigenvalue weighted by Gasteiger charge is -2.40. The summed E-state index contributed by atoms with van der Waals surface area (Å²) >= 11 is 0. The van der Waals surface area contributed by atoms with E-state index in [2.05, 4.69) is 6.92 Å². The van der Waals surface area contributed by atoms with Crippen LogP contribution in [0.4, 0.5) is 0 Å². The zero-order chi connectivity index (χ0) is 14.0. The lowest BCUT2D eigenvalue weighted by molar-refractivity contribution is 0.193. The molecule has 2 aliphatic rings. The molecule has 112 valence electrons. The molecule has 0 amide bonds. The van der Waals surface area contributed by atoms with Gasteiger partial charge in [-0.2, -0.15) is 17.0 Å². The van der Waals surface area contributed by atoms with Crippen molar-refractivity contribution in [2.45, 2.75) is 45.6 Å². The van der Waals surface area contributed by atoms with Crippen LogP contribution in [0.3, 0.4) is 0 Å². The Kier molecular flexibility index (Phi) is 4.87. The Balaban J connectivity index is 2.02. The van der Waals surface area contributed by atoms with Crippen LogP contribution in [0.25, 0.3) is 0 Å². The van der Waals surface area contributed by atoms with Crippen LogP contribution < -0.4 is 5.73 Å². The molecule has 5 nitrogen and oxygen atoms in total. The predicted molar refractivity (Wildman–Crippen MR) is 76.8 cm³/mol. The molecule has 19 heavy (non-hydrogen) atoms. The van der Waals surface area contributed by atoms with Gasteiger partial charge < -0.3 is 5.73 Å². The number of rotatable bonds is 3. The van der Waals surface area contributed by atoms with Crippen LogP contribution in [0, 0.1) is 11.8 Å². The van der Waals surface area contributed by atoms with Crippen molar-refractivity contribution in [2.24, 2.45) is 17.6 Å². The van der Waals surface area contributed by atoms with Crippen molar-refractivity contribution < 1.29 is 8.42 Å². The van der Waals surface area contributed by atoms with E-state index in [0.29, 0.717) is 38.0 Å². The lowest BCUT2D eigenvalue weighted by Crippen LogP contribution is -2.52. The number of hydrogen-bond donors (Lipinski definition) is 1. The molecule has 0 bridgehead atoms. The molecule has 0 aromatic carbocycles. The Morgan fingerprint density at radius 3 is 2.26 bits per heavy atom. The standard InChI is InChI=1S/C13H27N3O2S/c1-11-3-8-16(12(2)9-11)19(17,18)15-6-4-13(10-14)5-7-15/h11-13H,3-10,14H2,1-2H3. The van der Waals surface area contributed by atoms with E-state index < -0.39 is 10.2 Å². The van der Waals surface area contributed by atoms with E-state index in [-0.39, 0.29) is 6.04 Å². The highest BCUT2D eigenvalue weighted by Gasteiger charge is 2.37. The molecule has 2 saturated heterocycles. The van der Waals surface area contributed by atoms with Gasteiger partial charge in [-0.3, -0.25) is 0 Å². The van der Waals surface area contributed by atoms with Crippen molar-refractivity contribution in [3.05, 3.63) is 0 Å². The van der Waals surface area contributed by atoms with Crippen LogP contribution in [0.15, 0.2) is 0 Å². The summed E-state index contributed by atoms with van der Waals surface area (Å²) in [5.74, 6) is 1.12. The first-order chi connectivity index (χ1) is 8.95. The molecule has 2 heterocycles. The maximum atomic E-state index is 12.7. The smallest absolute Gasteiger partial charge is 0.282 e. The zero-order valence-corrected chi connectivity index (χ0v) is 12.9. The molecule has 2 atom stereocenters. The van der Waals surface area contributed by atoms with Crippen LogP contribution in [-0.2, 0) is 10.2 Å². The fraction of sp³-hybridized carbons (Fsp3) is 1.00. The number of piperidine rings is 2. The van der Waals surface area contributed by atoms with E-state index in [9.17, 15) is 8.42 Å². The van der Waals surface area contributed by atoms with Crippen molar-refractivity contribution in [3.8, 4) is 0 Å². The van der Waals surface area contributed by atoms with Crippen LogP contribution in [0.5, 0.6) is 0 Å². The molecule has 0 saturated carbocycles. The zero-order valence-electron chi connectivity index (χ0n) is 12.1. The summed E-state index contributed by atoms with van der Waals surface area (Å²) < 4.78 is 28.7. The van der Waals surface area contributed by atoms with E-state index in [4.69, 9.17) is 5.73 Å². The molecule has 2 unspecified atom stereocenters. The number of nitrogens with zero attached hydrogens (tertiary/aromatic N) is 2. The van der Waals surface area contributed by atoms with E-state index in [1.54, 1.807) is 8.61 Å². The predicted octanol–water partition coefficient (Wildman–Crippen LogP) is 1.02. The van der Waals surface area contributed by atoms with Crippen molar-refractivity contribution in [3.63, 3.8) is 0 Å². The van der Waals surface area contributed by atoms with Gasteiger partial charge in [0.1, 0.15) is 0 Å². The number of hydrogen-bond acceptors (Lipinski definition) is 3. The maximum absolute atomic E-state index is 12.7. The van der Waals surface area contributed by atoms with Crippen molar-refractivity contribution in [1.82, 2.24) is 8.61 Å². The van der Waals surface area contributed by atoms with Gasteiger partial charge in [-0.25, -0.2) is 0 Å². The Morgan fingerprint density at radius 2 is 1.74 bits per heavy atom. The second-order valence-electron chi connectivity index (χ2n) is 6.18. The molecule has 0 aliphatic carbocycles. The molecule has 0 radical (unpaired) electrons. The third-order valence-corrected chi connectivity index (χ3v) is 6.76. The normalized spacial score (nSPS) is 32.6. The lowest BCUT2D eigenvalue weighted by atomic mass is 9.95. The summed E-state index contributed by atoms with van der Waals surface area (Å²) in [7, 11) is -3.26. The molecule has 6 heteroatoms. The van der Waals surface area contributed by atoms with Gasteiger partial charge >= 0.3 is 0 Å². The molecule has 2 aliphatic heterocycles. The summed E-state index contributed by atoms with van der Waals surface area (Å²) in [5, 5.41) is 0. The molecule has 2 fully saturated rings. The van der Waals surface area contributed by atoms with Crippen molar-refractivity contribution in [1.29, 1.82) is 0 Å². The summed E-state index contributed by atoms with van der Waals surface area (Å²) in [4.78, 5) is 0. The van der Waals surface area contributed by atoms with E-state index in [1.165, 1.54) is 0 Å². The van der Waals surface area contributed by atoms with Gasteiger partial charge in [-0.05, 0) is 51.0 Å². The topological polar surface area (TPSA) is 66.6 Å². The van der Waals surface area contributed by atoms with Gasteiger partial charge in [0.25, 0.3) is 10.2 Å². The summed E-state index contributed by atoms with van der Waals surface area (Å²) in [5.41, 5.74) is 5.66. The molecule has 0 aromatic heterocycles. The molecule has 0 spiro atoms. The number of nitrogens with two attached hydrogens (primary N) is 1. The van der Waals surface area contributed by atoms with E-state index in [1.807, 2.05) is 6.92 Å². The van der Waals surface area contributed by atoms with Gasteiger partial charge in [0.05, 0.1) is 0 Å². The maximum Gasteiger partial charge on any atom is 0.282 e. The van der Waals surface area contributed by atoms with Gasteiger partial charge in [0.2, 0.25) is 0 Å². The van der Waals surface area contributed by atoms with Crippen LogP contribution in [0.2, 0.25) is 0 Å². The first-order valence-electron chi connectivity index (χ1n) is 7.42. The van der Waals surface area contributed by atoms with Crippen molar-refractivity contribution in [2.75, 3.05) is 26.2 Å². The molecular weight excluding hydrogens is 262 g/mol. The third-order valence-electron chi connectivity index (χ3n) is 4.61. The highest BCUT2D eigenvalue weighted by molar-refractivity contribution is 7.86. The average molecular weight is 289 g/mol. The van der Waals surface area contributed by atoms with Gasteiger partial charge in [0.15, 0.2) is 0 Å². The Hall–Kier alpha value is -0.170. The third kappa shape index (κ3) is 3.29. The Bertz CT molecular complexity index is 391. The first kappa shape index (κ1) is 15.2. The largest absolute Gasteiger partial charge is 0.330 e. The molecular formula is C13H27N3O2S. The Labute approximate surface area is 117 Å². The minimum Gasteiger partial charge on any atom is -0.330 e. The van der Waals surface area contributed by atoms with Crippen LogP contribution >= 0.6 is 0 Å². The Morgan fingerprint density at radius 1 is 1.11 bits per heavy atom. The molecule has 2 rings (SSSR count). The van der Waals surface area contributed by atoms with Gasteiger partial charge in [-0.1, -0.05) is 6.92 Å². The average Bonchev–Trinajstić information content (AvgIpc) is 2.38. The molecule has 2 N–H and O–H groups in total. The first-order valence-corrected chi connectivity index (χ1v) is 8.81. The quantitative estimate of drug-likeness (QED) is 0.843. The minimum absolute atomic E-state index is 0.126. The van der Waals surface area contributed by atoms with E-state index >= 15 is 0 Å². The highest BCUT2D eigenvalue weighted by Crippen LogP contribution is 2.28. The SMILES string of the molecule is CC1CCN(S(=O)(=O)N2CCC(CN)CC2)C(C)C1. The minimum atomic E-state index is -3.26. The summed E-state index contributed by atoms with van der Waals surface area (Å²) in [6.07, 6.45) is 3.74. The highest BCUT2D eigenvalue weighted by atomic mass is 32.2. The van der Waals surface area contributed by atoms with Gasteiger partial charge in [0, 0.05) is 25.7 Å². The van der Waals surface area contributed by atoms with E-state index in [0.717, 1.165) is 25.7 Å². The monoisotopic (exact) mass is 289 g/mol.